The molecule has 0 heterocycles. The summed E-state index contributed by atoms with van der Waals surface area (Å²) >= 11 is 6.30. The molecule has 0 radical (unpaired) electrons. The third-order valence-electron chi connectivity index (χ3n) is 3.56. The summed E-state index contributed by atoms with van der Waals surface area (Å²) in [5, 5.41) is 7.08. The third-order valence-corrected chi connectivity index (χ3v) is 3.85. The number of benzene rings is 2. The first-order chi connectivity index (χ1) is 12.2. The van der Waals surface area contributed by atoms with Crippen molar-refractivity contribution >= 4 is 41.5 Å². The SMILES string of the molecule is CCOc1c(Cl)cc(CNC(=NC)NCc2ccccc2)cc1OC.I. The van der Waals surface area contributed by atoms with Crippen molar-refractivity contribution in [2.45, 2.75) is 20.0 Å². The molecule has 26 heavy (non-hydrogen) atoms. The van der Waals surface area contributed by atoms with Gasteiger partial charge in [-0.05, 0) is 30.2 Å². The van der Waals surface area contributed by atoms with Gasteiger partial charge in [0, 0.05) is 20.1 Å². The summed E-state index contributed by atoms with van der Waals surface area (Å²) in [5.41, 5.74) is 2.17. The number of guanidine groups is 1. The highest BCUT2D eigenvalue weighted by Crippen LogP contribution is 2.36. The fourth-order valence-electron chi connectivity index (χ4n) is 2.35. The van der Waals surface area contributed by atoms with Crippen LogP contribution in [0.5, 0.6) is 11.5 Å². The Labute approximate surface area is 177 Å². The normalized spacial score (nSPS) is 10.7. The van der Waals surface area contributed by atoms with Gasteiger partial charge in [0.1, 0.15) is 0 Å². The smallest absolute Gasteiger partial charge is 0.191 e. The predicted molar refractivity (Wildman–Crippen MR) is 118 cm³/mol. The maximum Gasteiger partial charge on any atom is 0.191 e. The zero-order valence-corrected chi connectivity index (χ0v) is 18.3. The van der Waals surface area contributed by atoms with Gasteiger partial charge in [0.05, 0.1) is 18.7 Å². The van der Waals surface area contributed by atoms with E-state index in [0.717, 1.165) is 5.56 Å². The van der Waals surface area contributed by atoms with Crippen molar-refractivity contribution in [2.24, 2.45) is 4.99 Å². The van der Waals surface area contributed by atoms with E-state index >= 15 is 0 Å². The Kier molecular flexibility index (Phi) is 10.2. The van der Waals surface area contributed by atoms with Gasteiger partial charge >= 0.3 is 0 Å². The molecule has 142 valence electrons. The maximum absolute atomic E-state index is 6.30. The second-order valence-electron chi connectivity index (χ2n) is 5.31. The number of hydrogen-bond donors (Lipinski definition) is 2. The number of ether oxygens (including phenoxy) is 2. The lowest BCUT2D eigenvalue weighted by Gasteiger charge is -2.15. The largest absolute Gasteiger partial charge is 0.493 e. The summed E-state index contributed by atoms with van der Waals surface area (Å²) < 4.78 is 10.9. The molecule has 2 aromatic carbocycles. The van der Waals surface area contributed by atoms with Crippen LogP contribution < -0.4 is 20.1 Å². The Morgan fingerprint density at radius 3 is 2.31 bits per heavy atom. The molecule has 5 nitrogen and oxygen atoms in total. The molecule has 0 atom stereocenters. The van der Waals surface area contributed by atoms with Crippen LogP contribution in [-0.2, 0) is 13.1 Å². The van der Waals surface area contributed by atoms with E-state index in [9.17, 15) is 0 Å². The molecule has 0 saturated heterocycles. The van der Waals surface area contributed by atoms with E-state index in [1.54, 1.807) is 14.2 Å². The van der Waals surface area contributed by atoms with Gasteiger partial charge in [-0.25, -0.2) is 0 Å². The maximum atomic E-state index is 6.30. The highest BCUT2D eigenvalue weighted by Gasteiger charge is 2.11. The summed E-state index contributed by atoms with van der Waals surface area (Å²) in [4.78, 5) is 4.24. The quantitative estimate of drug-likeness (QED) is 0.347. The highest BCUT2D eigenvalue weighted by atomic mass is 127. The van der Waals surface area contributed by atoms with Gasteiger partial charge in [-0.15, -0.1) is 24.0 Å². The van der Waals surface area contributed by atoms with Gasteiger partial charge < -0.3 is 20.1 Å². The molecule has 7 heteroatoms. The van der Waals surface area contributed by atoms with Gasteiger partial charge in [-0.2, -0.15) is 0 Å². The summed E-state index contributed by atoms with van der Waals surface area (Å²) in [6, 6.07) is 13.9. The Balaban J connectivity index is 0.00000338. The number of halogens is 2. The molecule has 0 unspecified atom stereocenters. The first-order valence-electron chi connectivity index (χ1n) is 8.15. The van der Waals surface area contributed by atoms with Crippen LogP contribution in [0.4, 0.5) is 0 Å². The third kappa shape index (κ3) is 6.57. The first-order valence-corrected chi connectivity index (χ1v) is 8.53. The van der Waals surface area contributed by atoms with Crippen LogP contribution in [0.25, 0.3) is 0 Å². The molecule has 2 rings (SSSR count). The van der Waals surface area contributed by atoms with Crippen LogP contribution in [-0.4, -0.2) is 26.7 Å². The molecule has 2 N–H and O–H groups in total. The Morgan fingerprint density at radius 2 is 1.73 bits per heavy atom. The Hall–Kier alpha value is -1.67. The van der Waals surface area contributed by atoms with Gasteiger partial charge in [-0.1, -0.05) is 41.9 Å². The number of aliphatic imine (C=N–C) groups is 1. The van der Waals surface area contributed by atoms with E-state index in [-0.39, 0.29) is 24.0 Å². The van der Waals surface area contributed by atoms with E-state index < -0.39 is 0 Å². The molecular weight excluding hydrogens is 465 g/mol. The molecule has 0 amide bonds. The van der Waals surface area contributed by atoms with E-state index in [4.69, 9.17) is 21.1 Å². The minimum absolute atomic E-state index is 0. The molecule has 0 aromatic heterocycles. The van der Waals surface area contributed by atoms with E-state index in [1.165, 1.54) is 5.56 Å². The van der Waals surface area contributed by atoms with Gasteiger partial charge in [0.2, 0.25) is 0 Å². The van der Waals surface area contributed by atoms with Crippen molar-refractivity contribution in [1.29, 1.82) is 0 Å². The average molecular weight is 490 g/mol. The van der Waals surface area contributed by atoms with Crippen molar-refractivity contribution in [1.82, 2.24) is 10.6 Å². The van der Waals surface area contributed by atoms with Gasteiger partial charge in [0.15, 0.2) is 17.5 Å². The molecule has 0 aliphatic carbocycles. The average Bonchev–Trinajstić information content (AvgIpc) is 2.64. The monoisotopic (exact) mass is 489 g/mol. The predicted octanol–water partition coefficient (Wildman–Crippen LogP) is 4.23. The van der Waals surface area contributed by atoms with Gasteiger partial charge in [-0.3, -0.25) is 4.99 Å². The van der Waals surface area contributed by atoms with Crippen molar-refractivity contribution < 1.29 is 9.47 Å². The summed E-state index contributed by atoms with van der Waals surface area (Å²) in [5.74, 6) is 1.91. The van der Waals surface area contributed by atoms with Crippen LogP contribution in [0.3, 0.4) is 0 Å². The summed E-state index contributed by atoms with van der Waals surface area (Å²) in [6.07, 6.45) is 0. The lowest BCUT2D eigenvalue weighted by atomic mass is 10.2. The number of rotatable bonds is 7. The van der Waals surface area contributed by atoms with E-state index in [0.29, 0.717) is 42.2 Å². The van der Waals surface area contributed by atoms with Crippen LogP contribution in [0, 0.1) is 0 Å². The molecule has 0 fully saturated rings. The van der Waals surface area contributed by atoms with Crippen LogP contribution in [0.1, 0.15) is 18.1 Å². The number of nitrogens with zero attached hydrogens (tertiary/aromatic N) is 1. The lowest BCUT2D eigenvalue weighted by molar-refractivity contribution is 0.311. The summed E-state index contributed by atoms with van der Waals surface area (Å²) in [6.45, 7) is 3.71. The molecule has 0 saturated carbocycles. The van der Waals surface area contributed by atoms with Gasteiger partial charge in [0.25, 0.3) is 0 Å². The fraction of sp³-hybridized carbons (Fsp3) is 0.316. The molecule has 0 bridgehead atoms. The standard InChI is InChI=1S/C19H24ClN3O2.HI/c1-4-25-18-16(20)10-15(11-17(18)24-3)13-23-19(21-2)22-12-14-8-6-5-7-9-14;/h5-11H,4,12-13H2,1-3H3,(H2,21,22,23);1H. The first kappa shape index (κ1) is 22.4. The molecule has 0 aliphatic rings. The molecule has 2 aromatic rings. The highest BCUT2D eigenvalue weighted by molar-refractivity contribution is 14.0. The van der Waals surface area contributed by atoms with Crippen molar-refractivity contribution in [3.05, 3.63) is 58.6 Å². The van der Waals surface area contributed by atoms with Crippen LogP contribution >= 0.6 is 35.6 Å². The molecular formula is C19H25ClIN3O2. The topological polar surface area (TPSA) is 54.9 Å². The van der Waals surface area contributed by atoms with E-state index in [1.807, 2.05) is 37.3 Å². The second kappa shape index (κ2) is 11.9. The zero-order chi connectivity index (χ0) is 18.1. The minimum atomic E-state index is 0. The molecule has 0 aliphatic heterocycles. The van der Waals surface area contributed by atoms with Crippen LogP contribution in [0.2, 0.25) is 5.02 Å². The number of hydrogen-bond acceptors (Lipinski definition) is 3. The Bertz CT molecular complexity index is 711. The number of nitrogens with one attached hydrogen (secondary N) is 2. The van der Waals surface area contributed by atoms with E-state index in [2.05, 4.69) is 27.8 Å². The molecule has 0 spiro atoms. The van der Waals surface area contributed by atoms with Crippen molar-refractivity contribution in [3.63, 3.8) is 0 Å². The fourth-order valence-corrected chi connectivity index (χ4v) is 2.64. The minimum Gasteiger partial charge on any atom is -0.493 e. The Morgan fingerprint density at radius 1 is 1.08 bits per heavy atom. The number of methoxy groups -OCH3 is 1. The van der Waals surface area contributed by atoms with Crippen LogP contribution in [0.15, 0.2) is 47.5 Å². The second-order valence-corrected chi connectivity index (χ2v) is 5.71. The lowest BCUT2D eigenvalue weighted by Crippen LogP contribution is -2.36. The van der Waals surface area contributed by atoms with Crippen molar-refractivity contribution in [3.8, 4) is 11.5 Å². The van der Waals surface area contributed by atoms with Crippen molar-refractivity contribution in [2.75, 3.05) is 20.8 Å². The summed E-state index contributed by atoms with van der Waals surface area (Å²) in [7, 11) is 3.35. The zero-order valence-electron chi connectivity index (χ0n) is 15.2.